The number of hydrogen-bond donors (Lipinski definition) is 2. The number of halogens is 1. The number of para-hydroxylation sites is 1. The third kappa shape index (κ3) is 1.82. The van der Waals surface area contributed by atoms with E-state index in [1.165, 1.54) is 0 Å². The minimum Gasteiger partial charge on any atom is -0.385 e. The molecule has 1 aromatic carbocycles. The number of benzene rings is 1. The molecule has 1 aliphatic rings. The van der Waals surface area contributed by atoms with Crippen molar-refractivity contribution in [3.63, 3.8) is 0 Å². The molecule has 0 aliphatic carbocycles. The fraction of sp³-hybridized carbons (Fsp3) is 0.300. The van der Waals surface area contributed by atoms with Crippen LogP contribution in [0.5, 0.6) is 0 Å². The smallest absolute Gasteiger partial charge is 0.225 e. The molecule has 0 fully saturated rings. The van der Waals surface area contributed by atoms with E-state index >= 15 is 0 Å². The lowest BCUT2D eigenvalue weighted by Crippen LogP contribution is -2.27. The van der Waals surface area contributed by atoms with Crippen LogP contribution in [0.15, 0.2) is 24.3 Å². The lowest BCUT2D eigenvalue weighted by molar-refractivity contribution is -0.119. The van der Waals surface area contributed by atoms with Gasteiger partial charge in [-0.15, -0.1) is 12.4 Å². The summed E-state index contributed by atoms with van der Waals surface area (Å²) in [5.41, 5.74) is 7.38. The monoisotopic (exact) mass is 212 g/mol. The Labute approximate surface area is 89.1 Å². The summed E-state index contributed by atoms with van der Waals surface area (Å²) < 4.78 is 0. The Morgan fingerprint density at radius 3 is 2.86 bits per heavy atom. The van der Waals surface area contributed by atoms with Crippen molar-refractivity contribution in [2.45, 2.75) is 12.3 Å². The van der Waals surface area contributed by atoms with Crippen LogP contribution in [-0.2, 0) is 4.79 Å². The third-order valence-corrected chi connectivity index (χ3v) is 2.43. The summed E-state index contributed by atoms with van der Waals surface area (Å²) in [6.07, 6.45) is 0.798. The second-order valence-corrected chi connectivity index (χ2v) is 3.26. The molecule has 0 bridgehead atoms. The average molecular weight is 213 g/mol. The minimum absolute atomic E-state index is 0. The number of anilines is 1. The van der Waals surface area contributed by atoms with Crippen LogP contribution in [0.2, 0.25) is 0 Å². The van der Waals surface area contributed by atoms with E-state index in [1.54, 1.807) is 0 Å². The van der Waals surface area contributed by atoms with Crippen molar-refractivity contribution >= 4 is 24.0 Å². The summed E-state index contributed by atoms with van der Waals surface area (Å²) in [4.78, 5) is 11.1. The van der Waals surface area contributed by atoms with E-state index in [1.807, 2.05) is 24.3 Å². The molecule has 1 unspecified atom stereocenters. The summed E-state index contributed by atoms with van der Waals surface area (Å²) >= 11 is 0. The molecule has 0 spiro atoms. The fourth-order valence-electron chi connectivity index (χ4n) is 1.76. The van der Waals surface area contributed by atoms with Crippen molar-refractivity contribution in [2.75, 3.05) is 11.9 Å². The Balaban J connectivity index is 0.000000980. The second-order valence-electron chi connectivity index (χ2n) is 3.26. The molecule has 1 aromatic rings. The van der Waals surface area contributed by atoms with Crippen LogP contribution >= 0.6 is 12.4 Å². The molecular weight excluding hydrogens is 200 g/mol. The predicted octanol–water partition coefficient (Wildman–Crippen LogP) is 1.49. The first-order valence-electron chi connectivity index (χ1n) is 4.41. The maximum Gasteiger partial charge on any atom is 0.225 e. The molecule has 1 heterocycles. The van der Waals surface area contributed by atoms with Crippen molar-refractivity contribution in [1.82, 2.24) is 0 Å². The van der Waals surface area contributed by atoms with Gasteiger partial charge in [-0.25, -0.2) is 0 Å². The Bertz CT molecular complexity index is 341. The summed E-state index contributed by atoms with van der Waals surface area (Å²) in [6, 6.07) is 7.82. The average Bonchev–Trinajstić information content (AvgIpc) is 2.17. The zero-order valence-electron chi connectivity index (χ0n) is 7.69. The lowest BCUT2D eigenvalue weighted by Gasteiger charge is -2.24. The number of nitrogens with two attached hydrogens (primary N) is 1. The van der Waals surface area contributed by atoms with Crippen molar-refractivity contribution in [3.05, 3.63) is 29.8 Å². The van der Waals surface area contributed by atoms with Gasteiger partial charge in [0, 0.05) is 12.2 Å². The minimum atomic E-state index is -0.228. The van der Waals surface area contributed by atoms with Crippen LogP contribution in [0.25, 0.3) is 0 Å². The van der Waals surface area contributed by atoms with Crippen molar-refractivity contribution < 1.29 is 4.79 Å². The number of carbonyl (C=O) groups excluding carboxylic acids is 1. The molecule has 1 atom stereocenters. The number of carbonyl (C=O) groups is 1. The first-order chi connectivity index (χ1) is 6.29. The molecule has 0 saturated heterocycles. The molecule has 0 saturated carbocycles. The SMILES string of the molecule is Cl.NC(=O)C1CCNc2ccccc21. The maximum absolute atomic E-state index is 11.1. The molecule has 14 heavy (non-hydrogen) atoms. The standard InChI is InChI=1S/C10H12N2O.ClH/c11-10(13)8-5-6-12-9-4-2-1-3-7(8)9;/h1-4,8,12H,5-6H2,(H2,11,13);1H. The zero-order chi connectivity index (χ0) is 9.26. The van der Waals surface area contributed by atoms with Gasteiger partial charge in [0.1, 0.15) is 0 Å². The molecule has 1 aliphatic heterocycles. The van der Waals surface area contributed by atoms with Crippen LogP contribution in [0.4, 0.5) is 5.69 Å². The van der Waals surface area contributed by atoms with Crippen molar-refractivity contribution in [1.29, 1.82) is 0 Å². The predicted molar refractivity (Wildman–Crippen MR) is 58.7 cm³/mol. The van der Waals surface area contributed by atoms with Gasteiger partial charge in [-0.3, -0.25) is 4.79 Å². The molecule has 0 radical (unpaired) electrons. The highest BCUT2D eigenvalue weighted by Gasteiger charge is 2.23. The largest absolute Gasteiger partial charge is 0.385 e. The van der Waals surface area contributed by atoms with Crippen LogP contribution in [-0.4, -0.2) is 12.5 Å². The number of amides is 1. The quantitative estimate of drug-likeness (QED) is 0.741. The Kier molecular flexibility index (Phi) is 3.36. The van der Waals surface area contributed by atoms with Crippen molar-refractivity contribution in [3.8, 4) is 0 Å². The van der Waals surface area contributed by atoms with Crippen molar-refractivity contribution in [2.24, 2.45) is 5.73 Å². The van der Waals surface area contributed by atoms with Gasteiger partial charge in [-0.05, 0) is 18.1 Å². The second kappa shape index (κ2) is 4.33. The molecule has 0 aromatic heterocycles. The number of nitrogens with one attached hydrogen (secondary N) is 1. The van der Waals surface area contributed by atoms with Gasteiger partial charge in [0.15, 0.2) is 0 Å². The Hall–Kier alpha value is -1.22. The van der Waals surface area contributed by atoms with Gasteiger partial charge in [0.2, 0.25) is 5.91 Å². The van der Waals surface area contributed by atoms with Gasteiger partial charge in [0.25, 0.3) is 0 Å². The number of primary amides is 1. The topological polar surface area (TPSA) is 55.1 Å². The normalized spacial score (nSPS) is 18.7. The zero-order valence-corrected chi connectivity index (χ0v) is 8.51. The Morgan fingerprint density at radius 2 is 2.14 bits per heavy atom. The van der Waals surface area contributed by atoms with Gasteiger partial charge in [-0.2, -0.15) is 0 Å². The summed E-state index contributed by atoms with van der Waals surface area (Å²) in [5, 5.41) is 3.24. The summed E-state index contributed by atoms with van der Waals surface area (Å²) in [6.45, 7) is 0.824. The third-order valence-electron chi connectivity index (χ3n) is 2.43. The van der Waals surface area contributed by atoms with Gasteiger partial charge in [-0.1, -0.05) is 18.2 Å². The fourth-order valence-corrected chi connectivity index (χ4v) is 1.76. The highest BCUT2D eigenvalue weighted by molar-refractivity contribution is 5.85. The highest BCUT2D eigenvalue weighted by atomic mass is 35.5. The van der Waals surface area contributed by atoms with Gasteiger partial charge in [0.05, 0.1) is 5.92 Å². The van der Waals surface area contributed by atoms with E-state index in [0.29, 0.717) is 0 Å². The van der Waals surface area contributed by atoms with Crippen LogP contribution in [0.3, 0.4) is 0 Å². The van der Waals surface area contributed by atoms with Crippen LogP contribution in [0, 0.1) is 0 Å². The van der Waals surface area contributed by atoms with Crippen LogP contribution < -0.4 is 11.1 Å². The van der Waals surface area contributed by atoms with E-state index in [4.69, 9.17) is 5.73 Å². The van der Waals surface area contributed by atoms with E-state index < -0.39 is 0 Å². The molecule has 3 nitrogen and oxygen atoms in total. The first kappa shape index (κ1) is 10.9. The summed E-state index contributed by atoms with van der Waals surface area (Å²) in [5.74, 6) is -0.341. The number of rotatable bonds is 1. The van der Waals surface area contributed by atoms with Gasteiger partial charge >= 0.3 is 0 Å². The molecule has 2 rings (SSSR count). The van der Waals surface area contributed by atoms with E-state index in [9.17, 15) is 4.79 Å². The molecular formula is C10H13ClN2O. The van der Waals surface area contributed by atoms with E-state index in [-0.39, 0.29) is 24.2 Å². The van der Waals surface area contributed by atoms with Gasteiger partial charge < -0.3 is 11.1 Å². The molecule has 1 amide bonds. The summed E-state index contributed by atoms with van der Waals surface area (Å²) in [7, 11) is 0. The number of hydrogen-bond acceptors (Lipinski definition) is 2. The highest BCUT2D eigenvalue weighted by Crippen LogP contribution is 2.30. The first-order valence-corrected chi connectivity index (χ1v) is 4.41. The van der Waals surface area contributed by atoms with E-state index in [0.717, 1.165) is 24.2 Å². The lowest BCUT2D eigenvalue weighted by atomic mass is 9.91. The van der Waals surface area contributed by atoms with Crippen LogP contribution in [0.1, 0.15) is 17.9 Å². The number of fused-ring (bicyclic) bond motifs is 1. The molecule has 3 N–H and O–H groups in total. The maximum atomic E-state index is 11.1. The molecule has 76 valence electrons. The molecule has 4 heteroatoms. The Morgan fingerprint density at radius 1 is 1.43 bits per heavy atom. The van der Waals surface area contributed by atoms with E-state index in [2.05, 4.69) is 5.32 Å².